The highest BCUT2D eigenvalue weighted by Gasteiger charge is 2.31. The molecule has 0 N–H and O–H groups in total. The van der Waals surface area contributed by atoms with Crippen molar-refractivity contribution in [3.8, 4) is 0 Å². The standard InChI is InChI=1S/C17H16BrN3OS/c1-2-15-13-6-8-23-16(13)5-7-20(15)17(22)14-9-12-4-3-11(18)10-21(12)19-14/h3-4,6,8-10,15H,2,5,7H2,1H3. The molecule has 0 fully saturated rings. The van der Waals surface area contributed by atoms with Gasteiger partial charge in [-0.15, -0.1) is 11.3 Å². The van der Waals surface area contributed by atoms with E-state index in [0.717, 1.165) is 29.4 Å². The predicted octanol–water partition coefficient (Wildman–Crippen LogP) is 4.31. The van der Waals surface area contributed by atoms with Crippen LogP contribution in [0.2, 0.25) is 0 Å². The summed E-state index contributed by atoms with van der Waals surface area (Å²) in [5.74, 6) is 0.0218. The van der Waals surface area contributed by atoms with Gasteiger partial charge in [0.25, 0.3) is 5.91 Å². The van der Waals surface area contributed by atoms with Crippen LogP contribution in [0, 0.1) is 0 Å². The van der Waals surface area contributed by atoms with Gasteiger partial charge in [0.05, 0.1) is 11.6 Å². The third-order valence-electron chi connectivity index (χ3n) is 4.39. The maximum Gasteiger partial charge on any atom is 0.274 e. The number of fused-ring (bicyclic) bond motifs is 2. The van der Waals surface area contributed by atoms with Crippen LogP contribution in [0.1, 0.15) is 40.3 Å². The van der Waals surface area contributed by atoms with Gasteiger partial charge in [-0.25, -0.2) is 4.52 Å². The lowest BCUT2D eigenvalue weighted by Crippen LogP contribution is -2.39. The van der Waals surface area contributed by atoms with Crippen LogP contribution < -0.4 is 0 Å². The maximum absolute atomic E-state index is 13.0. The van der Waals surface area contributed by atoms with Crippen LogP contribution in [-0.4, -0.2) is 27.0 Å². The lowest BCUT2D eigenvalue weighted by atomic mass is 9.97. The Kier molecular flexibility index (Phi) is 3.73. The molecule has 3 aromatic rings. The molecule has 4 nitrogen and oxygen atoms in total. The quantitative estimate of drug-likeness (QED) is 0.654. The molecule has 3 aromatic heterocycles. The van der Waals surface area contributed by atoms with E-state index in [9.17, 15) is 4.79 Å². The van der Waals surface area contributed by atoms with Crippen LogP contribution in [-0.2, 0) is 6.42 Å². The Labute approximate surface area is 146 Å². The Morgan fingerprint density at radius 1 is 1.43 bits per heavy atom. The summed E-state index contributed by atoms with van der Waals surface area (Å²) in [6.45, 7) is 2.90. The first-order valence-corrected chi connectivity index (χ1v) is 9.37. The number of halogens is 1. The third-order valence-corrected chi connectivity index (χ3v) is 5.85. The van der Waals surface area contributed by atoms with Crippen LogP contribution in [0.5, 0.6) is 0 Å². The van der Waals surface area contributed by atoms with E-state index in [1.165, 1.54) is 10.4 Å². The Morgan fingerprint density at radius 3 is 3.13 bits per heavy atom. The van der Waals surface area contributed by atoms with Gasteiger partial charge < -0.3 is 4.90 Å². The van der Waals surface area contributed by atoms with Crippen LogP contribution in [0.25, 0.3) is 5.52 Å². The zero-order chi connectivity index (χ0) is 16.0. The summed E-state index contributed by atoms with van der Waals surface area (Å²) in [6, 6.07) is 8.10. The second kappa shape index (κ2) is 5.76. The molecule has 0 spiro atoms. The number of amides is 1. The van der Waals surface area contributed by atoms with Crippen molar-refractivity contribution in [2.75, 3.05) is 6.54 Å². The van der Waals surface area contributed by atoms with E-state index in [1.54, 1.807) is 15.9 Å². The lowest BCUT2D eigenvalue weighted by molar-refractivity contribution is 0.0651. The maximum atomic E-state index is 13.0. The van der Waals surface area contributed by atoms with Gasteiger partial charge in [0.2, 0.25) is 0 Å². The van der Waals surface area contributed by atoms with Crippen molar-refractivity contribution in [3.63, 3.8) is 0 Å². The number of rotatable bonds is 2. The van der Waals surface area contributed by atoms with E-state index in [4.69, 9.17) is 0 Å². The van der Waals surface area contributed by atoms with Crippen molar-refractivity contribution < 1.29 is 4.79 Å². The van der Waals surface area contributed by atoms with E-state index < -0.39 is 0 Å². The van der Waals surface area contributed by atoms with Gasteiger partial charge in [0, 0.05) is 22.1 Å². The molecule has 118 valence electrons. The minimum absolute atomic E-state index is 0.0218. The molecule has 1 aliphatic rings. The van der Waals surface area contributed by atoms with E-state index in [-0.39, 0.29) is 11.9 Å². The van der Waals surface area contributed by atoms with Gasteiger partial charge >= 0.3 is 0 Å². The SMILES string of the molecule is CCC1c2ccsc2CCN1C(=O)c1cc2ccc(Br)cn2n1. The topological polar surface area (TPSA) is 37.6 Å². The molecule has 6 heteroatoms. The summed E-state index contributed by atoms with van der Waals surface area (Å²) in [5.41, 5.74) is 2.75. The largest absolute Gasteiger partial charge is 0.330 e. The van der Waals surface area contributed by atoms with Gasteiger partial charge in [-0.05, 0) is 64.0 Å². The molecule has 0 bridgehead atoms. The number of carbonyl (C=O) groups is 1. The molecule has 1 aliphatic heterocycles. The highest BCUT2D eigenvalue weighted by molar-refractivity contribution is 9.10. The van der Waals surface area contributed by atoms with Gasteiger partial charge in [0.1, 0.15) is 0 Å². The van der Waals surface area contributed by atoms with Crippen molar-refractivity contribution in [2.24, 2.45) is 0 Å². The summed E-state index contributed by atoms with van der Waals surface area (Å²) in [4.78, 5) is 16.4. The molecule has 23 heavy (non-hydrogen) atoms. The highest BCUT2D eigenvalue weighted by atomic mass is 79.9. The molecule has 4 rings (SSSR count). The number of carbonyl (C=O) groups excluding carboxylic acids is 1. The fraction of sp³-hybridized carbons (Fsp3) is 0.294. The summed E-state index contributed by atoms with van der Waals surface area (Å²) in [6.07, 6.45) is 3.74. The molecule has 1 atom stereocenters. The van der Waals surface area contributed by atoms with E-state index in [2.05, 4.69) is 39.4 Å². The van der Waals surface area contributed by atoms with Crippen molar-refractivity contribution in [1.29, 1.82) is 0 Å². The second-order valence-electron chi connectivity index (χ2n) is 5.72. The molecule has 1 unspecified atom stereocenters. The zero-order valence-corrected chi connectivity index (χ0v) is 15.1. The Morgan fingerprint density at radius 2 is 2.30 bits per heavy atom. The number of hydrogen-bond donors (Lipinski definition) is 0. The van der Waals surface area contributed by atoms with Crippen molar-refractivity contribution in [2.45, 2.75) is 25.8 Å². The first-order valence-electron chi connectivity index (χ1n) is 7.69. The molecule has 0 aromatic carbocycles. The van der Waals surface area contributed by atoms with Crippen molar-refractivity contribution >= 4 is 38.7 Å². The van der Waals surface area contributed by atoms with Crippen molar-refractivity contribution in [1.82, 2.24) is 14.5 Å². The molecule has 4 heterocycles. The molecule has 1 amide bonds. The van der Waals surface area contributed by atoms with Crippen molar-refractivity contribution in [3.05, 3.63) is 56.4 Å². The number of hydrogen-bond acceptors (Lipinski definition) is 3. The third kappa shape index (κ3) is 2.50. The van der Waals surface area contributed by atoms with Gasteiger partial charge in [0.15, 0.2) is 5.69 Å². The predicted molar refractivity (Wildman–Crippen MR) is 95.0 cm³/mol. The van der Waals surface area contributed by atoms with Gasteiger partial charge in [-0.3, -0.25) is 4.79 Å². The first-order chi connectivity index (χ1) is 11.2. The van der Waals surface area contributed by atoms with Gasteiger partial charge in [-0.1, -0.05) is 6.92 Å². The number of aromatic nitrogens is 2. The molecule has 0 radical (unpaired) electrons. The fourth-order valence-electron chi connectivity index (χ4n) is 3.29. The summed E-state index contributed by atoms with van der Waals surface area (Å²) < 4.78 is 2.69. The number of thiophene rings is 1. The zero-order valence-electron chi connectivity index (χ0n) is 12.7. The second-order valence-corrected chi connectivity index (χ2v) is 7.63. The van der Waals surface area contributed by atoms with Crippen LogP contribution >= 0.6 is 27.3 Å². The molecule has 0 saturated carbocycles. The van der Waals surface area contributed by atoms with E-state index in [1.807, 2.05) is 29.3 Å². The number of nitrogens with zero attached hydrogens (tertiary/aromatic N) is 3. The monoisotopic (exact) mass is 389 g/mol. The normalized spacial score (nSPS) is 17.5. The summed E-state index contributed by atoms with van der Waals surface area (Å²) in [5, 5.41) is 6.59. The minimum atomic E-state index is 0.0218. The molecule has 0 aliphatic carbocycles. The van der Waals surface area contributed by atoms with Crippen LogP contribution in [0.4, 0.5) is 0 Å². The van der Waals surface area contributed by atoms with E-state index in [0.29, 0.717) is 5.69 Å². The summed E-state index contributed by atoms with van der Waals surface area (Å²) in [7, 11) is 0. The van der Waals surface area contributed by atoms with Crippen LogP contribution in [0.15, 0.2) is 40.3 Å². The molecular weight excluding hydrogens is 374 g/mol. The summed E-state index contributed by atoms with van der Waals surface area (Å²) >= 11 is 5.23. The first kappa shape index (κ1) is 14.9. The fourth-order valence-corrected chi connectivity index (χ4v) is 4.55. The molecule has 0 saturated heterocycles. The Balaban J connectivity index is 1.70. The average molecular weight is 390 g/mol. The number of pyridine rings is 1. The highest BCUT2D eigenvalue weighted by Crippen LogP contribution is 2.35. The Hall–Kier alpha value is -1.66. The lowest BCUT2D eigenvalue weighted by Gasteiger charge is -2.35. The van der Waals surface area contributed by atoms with E-state index >= 15 is 0 Å². The smallest absolute Gasteiger partial charge is 0.274 e. The van der Waals surface area contributed by atoms with Gasteiger partial charge in [-0.2, -0.15) is 5.10 Å². The van der Waals surface area contributed by atoms with Crippen LogP contribution in [0.3, 0.4) is 0 Å². The Bertz CT molecular complexity index is 885. The minimum Gasteiger partial charge on any atom is -0.330 e. The molecular formula is C17H16BrN3OS. The average Bonchev–Trinajstić information content (AvgIpc) is 3.18.